The molecule has 4 nitrogen and oxygen atoms in total. The Morgan fingerprint density at radius 2 is 2.11 bits per heavy atom. The van der Waals surface area contributed by atoms with Gasteiger partial charge in [-0.3, -0.25) is 0 Å². The van der Waals surface area contributed by atoms with Gasteiger partial charge in [-0.2, -0.15) is 10.1 Å². The minimum atomic E-state index is -0.479. The van der Waals surface area contributed by atoms with Gasteiger partial charge in [-0.15, -0.1) is 0 Å². The van der Waals surface area contributed by atoms with Crippen molar-refractivity contribution in [2.45, 2.75) is 6.92 Å². The topological polar surface area (TPSA) is 41.9 Å². The van der Waals surface area contributed by atoms with Gasteiger partial charge in [0.15, 0.2) is 0 Å². The number of hydrogen-bond donors (Lipinski definition) is 0. The molecule has 4 heteroatoms. The van der Waals surface area contributed by atoms with Crippen LogP contribution >= 0.6 is 0 Å². The minimum absolute atomic E-state index is 0.331. The van der Waals surface area contributed by atoms with E-state index in [4.69, 9.17) is 4.74 Å². The lowest BCUT2D eigenvalue weighted by atomic mass is 10.1. The Morgan fingerprint density at radius 1 is 1.33 bits per heavy atom. The van der Waals surface area contributed by atoms with Crippen LogP contribution in [0.15, 0.2) is 53.8 Å². The fraction of sp³-hybridized carbons (Fsp3) is 0.143. The van der Waals surface area contributed by atoms with Crippen LogP contribution < -0.4 is 0 Å². The van der Waals surface area contributed by atoms with Crippen LogP contribution in [0.3, 0.4) is 0 Å². The summed E-state index contributed by atoms with van der Waals surface area (Å²) in [6.07, 6.45) is 6.39. The highest BCUT2D eigenvalue weighted by Gasteiger charge is 2.11. The van der Waals surface area contributed by atoms with Gasteiger partial charge in [-0.05, 0) is 30.2 Å². The second-order valence-electron chi connectivity index (χ2n) is 3.61. The van der Waals surface area contributed by atoms with Crippen molar-refractivity contribution in [3.63, 3.8) is 0 Å². The molecule has 0 atom stereocenters. The number of carbonyl (C=O) groups excluding carboxylic acids is 1. The Bertz CT molecular complexity index is 504. The fourth-order valence-electron chi connectivity index (χ4n) is 1.55. The van der Waals surface area contributed by atoms with E-state index in [1.165, 1.54) is 5.01 Å². The van der Waals surface area contributed by atoms with E-state index in [2.05, 4.69) is 5.10 Å². The first-order chi connectivity index (χ1) is 8.81. The molecule has 0 spiro atoms. The molecule has 1 aromatic rings. The van der Waals surface area contributed by atoms with Crippen molar-refractivity contribution < 1.29 is 9.53 Å². The van der Waals surface area contributed by atoms with Gasteiger partial charge in [0.1, 0.15) is 0 Å². The van der Waals surface area contributed by atoms with Crippen LogP contribution in [0.2, 0.25) is 0 Å². The number of ether oxygens (including phenoxy) is 1. The van der Waals surface area contributed by atoms with Crippen LogP contribution in [0.5, 0.6) is 0 Å². The molecule has 2 rings (SSSR count). The number of hydrogen-bond acceptors (Lipinski definition) is 3. The molecule has 1 aliphatic rings. The Hall–Kier alpha value is -2.36. The summed E-state index contributed by atoms with van der Waals surface area (Å²) in [5.74, 6) is 0. The summed E-state index contributed by atoms with van der Waals surface area (Å²) in [6, 6.07) is 9.90. The van der Waals surface area contributed by atoms with Gasteiger partial charge in [0, 0.05) is 12.4 Å². The smallest absolute Gasteiger partial charge is 0.434 e. The zero-order valence-electron chi connectivity index (χ0n) is 10.1. The maximum atomic E-state index is 11.5. The Kier molecular flexibility index (Phi) is 3.91. The molecule has 0 N–H and O–H groups in total. The molecule has 0 fully saturated rings. The summed E-state index contributed by atoms with van der Waals surface area (Å²) >= 11 is 0. The van der Waals surface area contributed by atoms with Crippen molar-refractivity contribution in [1.29, 1.82) is 0 Å². The van der Waals surface area contributed by atoms with Gasteiger partial charge >= 0.3 is 6.09 Å². The quantitative estimate of drug-likeness (QED) is 0.799. The van der Waals surface area contributed by atoms with Gasteiger partial charge in [-0.1, -0.05) is 30.3 Å². The monoisotopic (exact) mass is 242 g/mol. The molecule has 92 valence electrons. The molecule has 1 heterocycles. The maximum absolute atomic E-state index is 11.5. The van der Waals surface area contributed by atoms with Gasteiger partial charge < -0.3 is 4.74 Å². The molecule has 0 saturated heterocycles. The molecule has 0 aliphatic carbocycles. The SMILES string of the molecule is CCOC(=O)N1C=CC(c2ccccc2)=CC=N1. The minimum Gasteiger partial charge on any atom is -0.448 e. The predicted octanol–water partition coefficient (Wildman–Crippen LogP) is 3.04. The number of rotatable bonds is 2. The zero-order chi connectivity index (χ0) is 12.8. The summed E-state index contributed by atoms with van der Waals surface area (Å²) in [5.41, 5.74) is 2.07. The number of benzene rings is 1. The molecular weight excluding hydrogens is 228 g/mol. The normalized spacial score (nSPS) is 14.1. The molecule has 1 aromatic carbocycles. The molecule has 18 heavy (non-hydrogen) atoms. The van der Waals surface area contributed by atoms with E-state index in [-0.39, 0.29) is 0 Å². The molecule has 1 amide bonds. The number of carbonyl (C=O) groups is 1. The van der Waals surface area contributed by atoms with Crippen molar-refractivity contribution >= 4 is 17.9 Å². The van der Waals surface area contributed by atoms with Crippen molar-refractivity contribution in [3.05, 3.63) is 54.2 Å². The highest BCUT2D eigenvalue weighted by molar-refractivity contribution is 5.90. The number of hydrazone groups is 1. The number of amides is 1. The average Bonchev–Trinajstić information content (AvgIpc) is 2.66. The van der Waals surface area contributed by atoms with Crippen LogP contribution in [-0.4, -0.2) is 23.9 Å². The summed E-state index contributed by atoms with van der Waals surface area (Å²) < 4.78 is 4.88. The van der Waals surface area contributed by atoms with Gasteiger partial charge in [0.2, 0.25) is 0 Å². The maximum Gasteiger partial charge on any atom is 0.434 e. The van der Waals surface area contributed by atoms with Crippen LogP contribution in [0.1, 0.15) is 12.5 Å². The van der Waals surface area contributed by atoms with E-state index in [0.29, 0.717) is 6.61 Å². The van der Waals surface area contributed by atoms with Crippen molar-refractivity contribution in [2.24, 2.45) is 5.10 Å². The Balaban J connectivity index is 2.15. The third-order valence-electron chi connectivity index (χ3n) is 2.40. The molecule has 0 bridgehead atoms. The molecule has 0 saturated carbocycles. The van der Waals surface area contributed by atoms with E-state index < -0.39 is 6.09 Å². The Labute approximate surface area is 106 Å². The number of allylic oxidation sites excluding steroid dienone is 3. The first-order valence-corrected chi connectivity index (χ1v) is 5.75. The van der Waals surface area contributed by atoms with Crippen molar-refractivity contribution in [3.8, 4) is 0 Å². The Morgan fingerprint density at radius 3 is 2.83 bits per heavy atom. The molecular formula is C14H14N2O2. The molecule has 0 unspecified atom stereocenters. The zero-order valence-corrected chi connectivity index (χ0v) is 10.1. The standard InChI is InChI=1S/C14H14N2O2/c1-2-18-14(17)16-11-9-13(8-10-15-16)12-6-4-3-5-7-12/h3-11H,2H2,1H3. The van der Waals surface area contributed by atoms with E-state index in [1.807, 2.05) is 42.5 Å². The van der Waals surface area contributed by atoms with Crippen LogP contribution in [0, 0.1) is 0 Å². The summed E-state index contributed by atoms with van der Waals surface area (Å²) in [6.45, 7) is 2.09. The lowest BCUT2D eigenvalue weighted by molar-refractivity contribution is 0.123. The largest absolute Gasteiger partial charge is 0.448 e. The highest BCUT2D eigenvalue weighted by Crippen LogP contribution is 2.17. The first kappa shape index (κ1) is 12.1. The van der Waals surface area contributed by atoms with E-state index >= 15 is 0 Å². The molecule has 1 aliphatic heterocycles. The lowest BCUT2D eigenvalue weighted by Gasteiger charge is -2.10. The van der Waals surface area contributed by atoms with Gasteiger partial charge in [-0.25, -0.2) is 4.79 Å². The first-order valence-electron chi connectivity index (χ1n) is 5.75. The summed E-state index contributed by atoms with van der Waals surface area (Å²) in [4.78, 5) is 11.5. The third kappa shape index (κ3) is 2.85. The van der Waals surface area contributed by atoms with Crippen molar-refractivity contribution in [1.82, 2.24) is 5.01 Å². The van der Waals surface area contributed by atoms with Gasteiger partial charge in [0.25, 0.3) is 0 Å². The molecule has 0 radical (unpaired) electrons. The second-order valence-corrected chi connectivity index (χ2v) is 3.61. The van der Waals surface area contributed by atoms with Gasteiger partial charge in [0.05, 0.1) is 6.61 Å². The predicted molar refractivity (Wildman–Crippen MR) is 70.9 cm³/mol. The van der Waals surface area contributed by atoms with E-state index in [9.17, 15) is 4.79 Å². The third-order valence-corrected chi connectivity index (χ3v) is 2.40. The number of nitrogens with zero attached hydrogens (tertiary/aromatic N) is 2. The second kappa shape index (κ2) is 5.82. The summed E-state index contributed by atoms with van der Waals surface area (Å²) in [7, 11) is 0. The summed E-state index contributed by atoms with van der Waals surface area (Å²) in [5, 5.41) is 5.16. The average molecular weight is 242 g/mol. The van der Waals surface area contributed by atoms with Crippen LogP contribution in [0.25, 0.3) is 5.57 Å². The van der Waals surface area contributed by atoms with Crippen LogP contribution in [0.4, 0.5) is 4.79 Å². The van der Waals surface area contributed by atoms with Crippen molar-refractivity contribution in [2.75, 3.05) is 6.61 Å². The lowest BCUT2D eigenvalue weighted by Crippen LogP contribution is -2.20. The molecule has 0 aromatic heterocycles. The van der Waals surface area contributed by atoms with E-state index in [1.54, 1.807) is 19.3 Å². The van der Waals surface area contributed by atoms with E-state index in [0.717, 1.165) is 11.1 Å². The van der Waals surface area contributed by atoms with Crippen LogP contribution in [-0.2, 0) is 4.74 Å². The fourth-order valence-corrected chi connectivity index (χ4v) is 1.55. The highest BCUT2D eigenvalue weighted by atomic mass is 16.6.